The van der Waals surface area contributed by atoms with Crippen molar-refractivity contribution in [3.63, 3.8) is 0 Å². The highest BCUT2D eigenvalue weighted by molar-refractivity contribution is 6.30. The highest BCUT2D eigenvalue weighted by Gasteiger charge is 2.22. The van der Waals surface area contributed by atoms with Crippen molar-refractivity contribution in [3.05, 3.63) is 41.4 Å². The molecule has 1 saturated heterocycles. The number of halogens is 1. The van der Waals surface area contributed by atoms with Crippen LogP contribution >= 0.6 is 11.6 Å². The lowest BCUT2D eigenvalue weighted by Gasteiger charge is -2.33. The first-order valence-electron chi connectivity index (χ1n) is 9.58. The van der Waals surface area contributed by atoms with Crippen molar-refractivity contribution in [1.29, 1.82) is 0 Å². The molecule has 1 aliphatic heterocycles. The Bertz CT molecular complexity index is 1180. The second-order valence-corrected chi connectivity index (χ2v) is 7.63. The number of rotatable bonds is 4. The molecule has 0 bridgehead atoms. The molecule has 2 N–H and O–H groups in total. The molecule has 1 aromatic carbocycles. The molecular weight excluding hydrogens is 406 g/mol. The minimum absolute atomic E-state index is 0.450. The van der Waals surface area contributed by atoms with Gasteiger partial charge in [-0.3, -0.25) is 9.58 Å². The first-order valence-corrected chi connectivity index (χ1v) is 9.95. The molecule has 0 saturated carbocycles. The van der Waals surface area contributed by atoms with Gasteiger partial charge in [-0.25, -0.2) is 0 Å². The first kappa shape index (κ1) is 18.8. The quantitative estimate of drug-likeness (QED) is 0.523. The maximum absolute atomic E-state index is 6.09. The van der Waals surface area contributed by atoms with Crippen LogP contribution in [-0.2, 0) is 13.6 Å². The zero-order valence-electron chi connectivity index (χ0n) is 16.4. The topological polar surface area (TPSA) is 115 Å². The van der Waals surface area contributed by atoms with Crippen molar-refractivity contribution in [1.82, 2.24) is 34.8 Å². The van der Waals surface area contributed by atoms with Crippen molar-refractivity contribution in [2.24, 2.45) is 7.05 Å². The molecule has 30 heavy (non-hydrogen) atoms. The van der Waals surface area contributed by atoms with Gasteiger partial charge >= 0.3 is 0 Å². The molecule has 11 heteroatoms. The number of anilines is 2. The molecule has 1 aliphatic rings. The third kappa shape index (κ3) is 3.55. The Balaban J connectivity index is 1.23. The molecule has 0 amide bonds. The monoisotopic (exact) mass is 425 g/mol. The van der Waals surface area contributed by atoms with Crippen LogP contribution in [0.1, 0.15) is 5.89 Å². The Morgan fingerprint density at radius 3 is 2.60 bits per heavy atom. The van der Waals surface area contributed by atoms with E-state index >= 15 is 0 Å². The smallest absolute Gasteiger partial charge is 0.241 e. The molecule has 0 unspecified atom stereocenters. The zero-order chi connectivity index (χ0) is 20.7. The average Bonchev–Trinajstić information content (AvgIpc) is 3.36. The number of aromatic nitrogens is 6. The second-order valence-electron chi connectivity index (χ2n) is 7.20. The summed E-state index contributed by atoms with van der Waals surface area (Å²) in [7, 11) is 1.85. The van der Waals surface area contributed by atoms with E-state index in [1.54, 1.807) is 10.9 Å². The summed E-state index contributed by atoms with van der Waals surface area (Å²) in [5.41, 5.74) is 7.70. The van der Waals surface area contributed by atoms with E-state index in [-0.39, 0.29) is 0 Å². The minimum atomic E-state index is 0.450. The van der Waals surface area contributed by atoms with Crippen molar-refractivity contribution in [3.8, 4) is 11.4 Å². The Morgan fingerprint density at radius 2 is 1.83 bits per heavy atom. The van der Waals surface area contributed by atoms with Gasteiger partial charge in [0, 0.05) is 43.8 Å². The fourth-order valence-electron chi connectivity index (χ4n) is 3.51. The van der Waals surface area contributed by atoms with Crippen LogP contribution < -0.4 is 10.6 Å². The van der Waals surface area contributed by atoms with E-state index in [1.807, 2.05) is 31.3 Å². The molecule has 4 heterocycles. The summed E-state index contributed by atoms with van der Waals surface area (Å²) in [5, 5.41) is 9.73. The Hall–Kier alpha value is -3.24. The van der Waals surface area contributed by atoms with Gasteiger partial charge in [-0.15, -0.1) is 0 Å². The highest BCUT2D eigenvalue weighted by Crippen LogP contribution is 2.22. The van der Waals surface area contributed by atoms with Gasteiger partial charge in [0.1, 0.15) is 5.82 Å². The summed E-state index contributed by atoms with van der Waals surface area (Å²) in [6.45, 7) is 3.80. The van der Waals surface area contributed by atoms with Crippen LogP contribution in [0, 0.1) is 0 Å². The van der Waals surface area contributed by atoms with Gasteiger partial charge < -0.3 is 15.2 Å². The first-order chi connectivity index (χ1) is 14.6. The molecule has 0 spiro atoms. The van der Waals surface area contributed by atoms with E-state index in [0.29, 0.717) is 35.0 Å². The normalized spacial score (nSPS) is 15.2. The number of hydrogen-bond acceptors (Lipinski definition) is 9. The van der Waals surface area contributed by atoms with Gasteiger partial charge in [0.15, 0.2) is 5.65 Å². The van der Waals surface area contributed by atoms with Crippen LogP contribution in [0.2, 0.25) is 5.02 Å². The van der Waals surface area contributed by atoms with Gasteiger partial charge in [-0.2, -0.15) is 20.1 Å². The lowest BCUT2D eigenvalue weighted by molar-refractivity contribution is 0.215. The fourth-order valence-corrected chi connectivity index (χ4v) is 3.63. The fraction of sp³-hybridized carbons (Fsp3) is 0.316. The van der Waals surface area contributed by atoms with Gasteiger partial charge in [-0.05, 0) is 24.3 Å². The van der Waals surface area contributed by atoms with Crippen molar-refractivity contribution in [2.75, 3.05) is 36.8 Å². The summed E-state index contributed by atoms with van der Waals surface area (Å²) in [5.74, 6) is 2.23. The highest BCUT2D eigenvalue weighted by atomic mass is 35.5. The third-order valence-corrected chi connectivity index (χ3v) is 5.45. The number of fused-ring (bicyclic) bond motifs is 1. The number of nitrogens with zero attached hydrogens (tertiary/aromatic N) is 8. The number of piperazine rings is 1. The summed E-state index contributed by atoms with van der Waals surface area (Å²) in [6, 6.07) is 7.37. The van der Waals surface area contributed by atoms with Crippen LogP contribution in [0.4, 0.5) is 11.8 Å². The largest absolute Gasteiger partial charge is 0.383 e. The number of nitrogens with two attached hydrogens (primary N) is 1. The molecule has 0 atom stereocenters. The number of aryl methyl sites for hydroxylation is 1. The van der Waals surface area contributed by atoms with Crippen molar-refractivity contribution in [2.45, 2.75) is 6.54 Å². The van der Waals surface area contributed by atoms with E-state index in [1.165, 1.54) is 0 Å². The zero-order valence-corrected chi connectivity index (χ0v) is 17.1. The van der Waals surface area contributed by atoms with Gasteiger partial charge in [0.05, 0.1) is 18.1 Å². The maximum atomic E-state index is 6.09. The molecule has 10 nitrogen and oxygen atoms in total. The molecule has 3 aromatic heterocycles. The summed E-state index contributed by atoms with van der Waals surface area (Å²) in [6.07, 6.45) is 1.69. The predicted molar refractivity (Wildman–Crippen MR) is 113 cm³/mol. The SMILES string of the molecule is Cn1ncc2c(N)nc(N3CCN(Cc4nc(-c5ccc(Cl)cc5)no4)CC3)nc21. The van der Waals surface area contributed by atoms with Crippen molar-refractivity contribution < 1.29 is 4.52 Å². The standard InChI is InChI=1S/C19H20ClN9O/c1-27-18-14(10-22-27)16(21)24-19(25-18)29-8-6-28(7-9-29)11-15-23-17(26-30-15)12-2-4-13(20)5-3-12/h2-5,10H,6-9,11H2,1H3,(H2,21,24,25). The van der Waals surface area contributed by atoms with E-state index in [9.17, 15) is 0 Å². The molecule has 154 valence electrons. The van der Waals surface area contributed by atoms with Crippen LogP contribution in [0.25, 0.3) is 22.4 Å². The summed E-state index contributed by atoms with van der Waals surface area (Å²) >= 11 is 5.93. The van der Waals surface area contributed by atoms with E-state index in [0.717, 1.165) is 42.8 Å². The Morgan fingerprint density at radius 1 is 1.07 bits per heavy atom. The Kier molecular flexibility index (Phi) is 4.72. The van der Waals surface area contributed by atoms with Crippen LogP contribution in [0.3, 0.4) is 0 Å². The van der Waals surface area contributed by atoms with E-state index in [2.05, 4.69) is 35.0 Å². The van der Waals surface area contributed by atoms with Gasteiger partial charge in [0.2, 0.25) is 17.7 Å². The van der Waals surface area contributed by atoms with Crippen LogP contribution in [-0.4, -0.2) is 61.0 Å². The van der Waals surface area contributed by atoms with Gasteiger partial charge in [0.25, 0.3) is 0 Å². The predicted octanol–water partition coefficient (Wildman–Crippen LogP) is 1.97. The van der Waals surface area contributed by atoms with Gasteiger partial charge in [-0.1, -0.05) is 16.8 Å². The summed E-state index contributed by atoms with van der Waals surface area (Å²) < 4.78 is 7.14. The molecule has 5 rings (SSSR count). The lowest BCUT2D eigenvalue weighted by Crippen LogP contribution is -2.46. The minimum Gasteiger partial charge on any atom is -0.383 e. The molecule has 0 radical (unpaired) electrons. The summed E-state index contributed by atoms with van der Waals surface area (Å²) in [4.78, 5) is 18.0. The second kappa shape index (κ2) is 7.54. The number of benzene rings is 1. The number of nitrogen functional groups attached to an aromatic ring is 1. The van der Waals surface area contributed by atoms with E-state index in [4.69, 9.17) is 21.9 Å². The third-order valence-electron chi connectivity index (χ3n) is 5.19. The van der Waals surface area contributed by atoms with Crippen LogP contribution in [0.15, 0.2) is 35.0 Å². The van der Waals surface area contributed by atoms with Crippen LogP contribution in [0.5, 0.6) is 0 Å². The Labute approximate surface area is 177 Å². The average molecular weight is 426 g/mol. The lowest BCUT2D eigenvalue weighted by atomic mass is 10.2. The molecular formula is C19H20ClN9O. The maximum Gasteiger partial charge on any atom is 0.241 e. The molecule has 1 fully saturated rings. The van der Waals surface area contributed by atoms with Crippen molar-refractivity contribution >= 4 is 34.4 Å². The molecule has 4 aromatic rings. The molecule has 0 aliphatic carbocycles. The number of hydrogen-bond donors (Lipinski definition) is 1. The van der Waals surface area contributed by atoms with E-state index < -0.39 is 0 Å².